The molecule has 0 spiro atoms. The molecular formula is C21H27NO6. The first kappa shape index (κ1) is 20.2. The molecule has 28 heavy (non-hydrogen) atoms. The number of hydrogen-bond acceptors (Lipinski definition) is 5. The topological polar surface area (TPSA) is 102 Å². The van der Waals surface area contributed by atoms with Crippen molar-refractivity contribution in [2.45, 2.75) is 45.8 Å². The molecule has 0 bridgehead atoms. The molecule has 2 atom stereocenters. The summed E-state index contributed by atoms with van der Waals surface area (Å²) in [6.07, 6.45) is 0.201. The largest absolute Gasteiger partial charge is 0.481 e. The van der Waals surface area contributed by atoms with Crippen molar-refractivity contribution in [3.8, 4) is 0 Å². The molecule has 3 rings (SSSR count). The van der Waals surface area contributed by atoms with E-state index in [4.69, 9.17) is 9.47 Å². The standard InChI is InChI=1S/C21H27NO6/c1-20(2,3)28-18(25)21(9-14-15(10-21)16(14)17(23)24)12-22-19(26)27-11-13-7-5-4-6-8-13/h4-8,14-16H,9-12H2,1-3H3,(H,22,26)(H,23,24). The summed E-state index contributed by atoms with van der Waals surface area (Å²) in [5.41, 5.74) is -0.692. The number of fused-ring (bicyclic) bond motifs is 1. The molecule has 2 saturated carbocycles. The van der Waals surface area contributed by atoms with Crippen molar-refractivity contribution < 1.29 is 29.0 Å². The Kier molecular flexibility index (Phi) is 5.37. The second-order valence-electron chi connectivity index (χ2n) is 8.80. The maximum atomic E-state index is 12.9. The van der Waals surface area contributed by atoms with Crippen LogP contribution in [0.25, 0.3) is 0 Å². The van der Waals surface area contributed by atoms with Gasteiger partial charge in [0, 0.05) is 6.54 Å². The van der Waals surface area contributed by atoms with Crippen molar-refractivity contribution in [3.63, 3.8) is 0 Å². The van der Waals surface area contributed by atoms with Crippen LogP contribution in [-0.4, -0.2) is 35.3 Å². The lowest BCUT2D eigenvalue weighted by Crippen LogP contribution is -2.46. The molecule has 7 nitrogen and oxygen atoms in total. The highest BCUT2D eigenvalue weighted by atomic mass is 16.6. The Hall–Kier alpha value is -2.57. The Morgan fingerprint density at radius 2 is 1.75 bits per heavy atom. The number of ether oxygens (including phenoxy) is 2. The number of hydrogen-bond donors (Lipinski definition) is 2. The van der Waals surface area contributed by atoms with Crippen molar-refractivity contribution >= 4 is 18.0 Å². The molecule has 7 heteroatoms. The zero-order valence-corrected chi connectivity index (χ0v) is 16.4. The molecule has 2 fully saturated rings. The monoisotopic (exact) mass is 389 g/mol. The first-order valence-corrected chi connectivity index (χ1v) is 9.52. The maximum absolute atomic E-state index is 12.9. The quantitative estimate of drug-likeness (QED) is 0.725. The molecule has 1 aromatic carbocycles. The third-order valence-electron chi connectivity index (χ3n) is 5.49. The van der Waals surface area contributed by atoms with Crippen LogP contribution >= 0.6 is 0 Å². The zero-order valence-electron chi connectivity index (χ0n) is 16.4. The molecule has 0 saturated heterocycles. The van der Waals surface area contributed by atoms with E-state index in [9.17, 15) is 19.5 Å². The van der Waals surface area contributed by atoms with Crippen LogP contribution in [0.4, 0.5) is 4.79 Å². The van der Waals surface area contributed by atoms with E-state index in [1.54, 1.807) is 20.8 Å². The average molecular weight is 389 g/mol. The Morgan fingerprint density at radius 3 is 2.29 bits per heavy atom. The number of rotatable bonds is 6. The zero-order chi connectivity index (χ0) is 20.5. The minimum Gasteiger partial charge on any atom is -0.481 e. The molecule has 0 aromatic heterocycles. The molecule has 0 heterocycles. The van der Waals surface area contributed by atoms with E-state index in [-0.39, 0.29) is 36.9 Å². The van der Waals surface area contributed by atoms with Gasteiger partial charge in [0.2, 0.25) is 0 Å². The van der Waals surface area contributed by atoms with Gasteiger partial charge in [-0.25, -0.2) is 4.79 Å². The number of benzene rings is 1. The first-order chi connectivity index (χ1) is 13.1. The molecule has 0 radical (unpaired) electrons. The number of carboxylic acids is 1. The van der Waals surface area contributed by atoms with Crippen LogP contribution in [0.5, 0.6) is 0 Å². The van der Waals surface area contributed by atoms with Crippen molar-refractivity contribution in [1.29, 1.82) is 0 Å². The van der Waals surface area contributed by atoms with Crippen LogP contribution in [0.1, 0.15) is 39.2 Å². The van der Waals surface area contributed by atoms with Gasteiger partial charge < -0.3 is 19.9 Å². The SMILES string of the molecule is CC(C)(C)OC(=O)C1(CNC(=O)OCc2ccccc2)CC2C(C1)C2C(=O)O. The Balaban J connectivity index is 1.60. The number of carbonyl (C=O) groups is 3. The van der Waals surface area contributed by atoms with Crippen LogP contribution < -0.4 is 5.32 Å². The second kappa shape index (κ2) is 7.45. The van der Waals surface area contributed by atoms with Crippen LogP contribution in [-0.2, 0) is 25.7 Å². The summed E-state index contributed by atoms with van der Waals surface area (Å²) in [6, 6.07) is 9.30. The lowest BCUT2D eigenvalue weighted by atomic mass is 9.81. The molecule has 2 N–H and O–H groups in total. The van der Waals surface area contributed by atoms with Gasteiger partial charge in [0.15, 0.2) is 0 Å². The van der Waals surface area contributed by atoms with Crippen molar-refractivity contribution in [1.82, 2.24) is 5.32 Å². The van der Waals surface area contributed by atoms with Gasteiger partial charge in [-0.2, -0.15) is 0 Å². The fraction of sp³-hybridized carbons (Fsp3) is 0.571. The van der Waals surface area contributed by atoms with E-state index in [2.05, 4.69) is 5.32 Å². The van der Waals surface area contributed by atoms with E-state index in [1.807, 2.05) is 30.3 Å². The molecule has 1 aromatic rings. The lowest BCUT2D eigenvalue weighted by molar-refractivity contribution is -0.168. The Morgan fingerprint density at radius 1 is 1.14 bits per heavy atom. The van der Waals surface area contributed by atoms with E-state index in [1.165, 1.54) is 0 Å². The number of amides is 1. The van der Waals surface area contributed by atoms with E-state index < -0.39 is 23.1 Å². The van der Waals surface area contributed by atoms with Crippen molar-refractivity contribution in [2.24, 2.45) is 23.2 Å². The third kappa shape index (κ3) is 4.46. The van der Waals surface area contributed by atoms with Crippen LogP contribution in [0.2, 0.25) is 0 Å². The summed E-state index contributed by atoms with van der Waals surface area (Å²) in [5, 5.41) is 11.9. The molecule has 2 aliphatic carbocycles. The molecule has 2 aliphatic rings. The Bertz CT molecular complexity index is 742. The number of carboxylic acid groups (broad SMARTS) is 1. The average Bonchev–Trinajstić information content (AvgIpc) is 3.15. The molecule has 2 unspecified atom stereocenters. The van der Waals surface area contributed by atoms with Gasteiger partial charge in [0.25, 0.3) is 0 Å². The Labute approximate surface area is 164 Å². The highest BCUT2D eigenvalue weighted by molar-refractivity contribution is 5.82. The van der Waals surface area contributed by atoms with Crippen LogP contribution in [0.15, 0.2) is 30.3 Å². The van der Waals surface area contributed by atoms with Gasteiger partial charge in [-0.15, -0.1) is 0 Å². The second-order valence-corrected chi connectivity index (χ2v) is 8.80. The summed E-state index contributed by atoms with van der Waals surface area (Å²) in [6.45, 7) is 5.58. The number of alkyl carbamates (subject to hydrolysis) is 1. The highest BCUT2D eigenvalue weighted by Crippen LogP contribution is 2.64. The van der Waals surface area contributed by atoms with Gasteiger partial charge in [-0.05, 0) is 51.0 Å². The maximum Gasteiger partial charge on any atom is 0.407 e. The van der Waals surface area contributed by atoms with Crippen molar-refractivity contribution in [2.75, 3.05) is 6.54 Å². The van der Waals surface area contributed by atoms with Crippen LogP contribution in [0, 0.1) is 23.2 Å². The minimum atomic E-state index is -0.902. The third-order valence-corrected chi connectivity index (χ3v) is 5.49. The number of esters is 1. The van der Waals surface area contributed by atoms with Gasteiger partial charge in [-0.3, -0.25) is 9.59 Å². The number of carbonyl (C=O) groups excluding carboxylic acids is 2. The minimum absolute atomic E-state index is 0.0350. The molecule has 152 valence electrons. The van der Waals surface area contributed by atoms with Gasteiger partial charge in [0.05, 0.1) is 11.3 Å². The fourth-order valence-corrected chi connectivity index (χ4v) is 4.14. The lowest BCUT2D eigenvalue weighted by Gasteiger charge is -2.32. The van der Waals surface area contributed by atoms with E-state index >= 15 is 0 Å². The summed E-state index contributed by atoms with van der Waals surface area (Å²) < 4.78 is 10.8. The smallest absolute Gasteiger partial charge is 0.407 e. The van der Waals surface area contributed by atoms with Crippen molar-refractivity contribution in [3.05, 3.63) is 35.9 Å². The van der Waals surface area contributed by atoms with Crippen LogP contribution in [0.3, 0.4) is 0 Å². The highest BCUT2D eigenvalue weighted by Gasteiger charge is 2.67. The predicted molar refractivity (Wildman–Crippen MR) is 100 cm³/mol. The summed E-state index contributed by atoms with van der Waals surface area (Å²) in [5.74, 6) is -1.66. The first-order valence-electron chi connectivity index (χ1n) is 9.52. The predicted octanol–water partition coefficient (Wildman–Crippen LogP) is 2.98. The molecule has 1 amide bonds. The van der Waals surface area contributed by atoms with Gasteiger partial charge in [0.1, 0.15) is 12.2 Å². The van der Waals surface area contributed by atoms with E-state index in [0.717, 1.165) is 5.56 Å². The normalized spacial score (nSPS) is 28.2. The number of aliphatic carboxylic acids is 1. The fourth-order valence-electron chi connectivity index (χ4n) is 4.14. The summed E-state index contributed by atoms with van der Waals surface area (Å²) >= 11 is 0. The molecular weight excluding hydrogens is 362 g/mol. The van der Waals surface area contributed by atoms with Gasteiger partial charge >= 0.3 is 18.0 Å². The summed E-state index contributed by atoms with van der Waals surface area (Å²) in [4.78, 5) is 36.2. The summed E-state index contributed by atoms with van der Waals surface area (Å²) in [7, 11) is 0. The molecule has 0 aliphatic heterocycles. The van der Waals surface area contributed by atoms with Gasteiger partial charge in [-0.1, -0.05) is 30.3 Å². The number of nitrogens with one attached hydrogen (secondary N) is 1. The van der Waals surface area contributed by atoms with E-state index in [0.29, 0.717) is 12.8 Å².